The van der Waals surface area contributed by atoms with Gasteiger partial charge in [-0.2, -0.15) is 0 Å². The van der Waals surface area contributed by atoms with E-state index in [2.05, 4.69) is 68.6 Å². The van der Waals surface area contributed by atoms with Gasteiger partial charge in [-0.25, -0.2) is 0 Å². The van der Waals surface area contributed by atoms with Crippen LogP contribution in [0.15, 0.2) is 42.5 Å². The summed E-state index contributed by atoms with van der Waals surface area (Å²) in [7, 11) is 0. The molecule has 0 unspecified atom stereocenters. The van der Waals surface area contributed by atoms with Crippen LogP contribution in [0.1, 0.15) is 33.6 Å². The first kappa shape index (κ1) is 14.9. The molecule has 0 radical (unpaired) electrons. The van der Waals surface area contributed by atoms with E-state index in [-0.39, 0.29) is 5.54 Å². The van der Waals surface area contributed by atoms with Crippen LogP contribution in [0.5, 0.6) is 5.75 Å². The third kappa shape index (κ3) is 4.53. The van der Waals surface area contributed by atoms with Gasteiger partial charge in [0.05, 0.1) is 6.61 Å². The van der Waals surface area contributed by atoms with Gasteiger partial charge < -0.3 is 10.1 Å². The Morgan fingerprint density at radius 2 is 1.70 bits per heavy atom. The number of benzene rings is 2. The van der Waals surface area contributed by atoms with Crippen molar-refractivity contribution in [3.63, 3.8) is 0 Å². The van der Waals surface area contributed by atoms with Gasteiger partial charge in [0.25, 0.3) is 0 Å². The minimum absolute atomic E-state index is 0.205. The summed E-state index contributed by atoms with van der Waals surface area (Å²) in [6.45, 7) is 8.40. The fourth-order valence-corrected chi connectivity index (χ4v) is 2.19. The second kappa shape index (κ2) is 6.76. The van der Waals surface area contributed by atoms with E-state index in [1.807, 2.05) is 0 Å². The lowest BCUT2D eigenvalue weighted by Crippen LogP contribution is -2.36. The van der Waals surface area contributed by atoms with Gasteiger partial charge in [-0.3, -0.25) is 0 Å². The first-order valence-electron chi connectivity index (χ1n) is 7.42. The standard InChI is InChI=1S/C18H25NO/c1-18(2,3)19-13-6-7-14-20-17-12-8-10-15-9-4-5-11-16(15)17/h4-5,8-12,19H,6-7,13-14H2,1-3H3. The Morgan fingerprint density at radius 3 is 2.50 bits per heavy atom. The number of nitrogens with one attached hydrogen (secondary N) is 1. The smallest absolute Gasteiger partial charge is 0.127 e. The molecule has 0 aromatic heterocycles. The van der Waals surface area contributed by atoms with Crippen molar-refractivity contribution < 1.29 is 4.74 Å². The van der Waals surface area contributed by atoms with Crippen molar-refractivity contribution in [3.8, 4) is 5.75 Å². The van der Waals surface area contributed by atoms with Crippen LogP contribution in [0.2, 0.25) is 0 Å². The Morgan fingerprint density at radius 1 is 0.950 bits per heavy atom. The first-order valence-corrected chi connectivity index (χ1v) is 7.42. The predicted octanol–water partition coefficient (Wildman–Crippen LogP) is 4.39. The molecule has 0 saturated heterocycles. The van der Waals surface area contributed by atoms with Crippen LogP contribution >= 0.6 is 0 Å². The molecular weight excluding hydrogens is 246 g/mol. The van der Waals surface area contributed by atoms with Crippen LogP contribution in [0.25, 0.3) is 10.8 Å². The second-order valence-electron chi connectivity index (χ2n) is 6.21. The van der Waals surface area contributed by atoms with Crippen molar-refractivity contribution in [1.82, 2.24) is 5.32 Å². The lowest BCUT2D eigenvalue weighted by molar-refractivity contribution is 0.304. The van der Waals surface area contributed by atoms with E-state index in [1.54, 1.807) is 0 Å². The minimum Gasteiger partial charge on any atom is -0.493 e. The Labute approximate surface area is 122 Å². The summed E-state index contributed by atoms with van der Waals surface area (Å²) in [6, 6.07) is 14.6. The highest BCUT2D eigenvalue weighted by molar-refractivity contribution is 5.88. The quantitative estimate of drug-likeness (QED) is 0.787. The number of fused-ring (bicyclic) bond motifs is 1. The molecule has 0 heterocycles. The van der Waals surface area contributed by atoms with Crippen molar-refractivity contribution in [2.45, 2.75) is 39.2 Å². The van der Waals surface area contributed by atoms with Crippen LogP contribution in [0.4, 0.5) is 0 Å². The van der Waals surface area contributed by atoms with Crippen LogP contribution in [-0.4, -0.2) is 18.7 Å². The van der Waals surface area contributed by atoms with E-state index >= 15 is 0 Å². The van der Waals surface area contributed by atoms with Gasteiger partial charge in [-0.1, -0.05) is 36.4 Å². The molecule has 20 heavy (non-hydrogen) atoms. The summed E-state index contributed by atoms with van der Waals surface area (Å²) in [5.74, 6) is 0.992. The van der Waals surface area contributed by atoms with E-state index in [4.69, 9.17) is 4.74 Å². The zero-order valence-corrected chi connectivity index (χ0v) is 12.8. The molecule has 2 nitrogen and oxygen atoms in total. The van der Waals surface area contributed by atoms with E-state index in [0.717, 1.165) is 31.7 Å². The highest BCUT2D eigenvalue weighted by Gasteiger charge is 2.07. The Bertz CT molecular complexity index is 537. The molecule has 0 saturated carbocycles. The molecule has 0 aliphatic heterocycles. The van der Waals surface area contributed by atoms with Gasteiger partial charge in [0.15, 0.2) is 0 Å². The van der Waals surface area contributed by atoms with Crippen LogP contribution < -0.4 is 10.1 Å². The van der Waals surface area contributed by atoms with Crippen molar-refractivity contribution in [1.29, 1.82) is 0 Å². The number of ether oxygens (including phenoxy) is 1. The molecule has 2 rings (SSSR count). The topological polar surface area (TPSA) is 21.3 Å². The van der Waals surface area contributed by atoms with Gasteiger partial charge in [0, 0.05) is 10.9 Å². The third-order valence-corrected chi connectivity index (χ3v) is 3.23. The van der Waals surface area contributed by atoms with Crippen LogP contribution in [-0.2, 0) is 0 Å². The Hall–Kier alpha value is -1.54. The molecule has 0 amide bonds. The van der Waals surface area contributed by atoms with E-state index in [9.17, 15) is 0 Å². The molecule has 0 fully saturated rings. The number of unbranched alkanes of at least 4 members (excludes halogenated alkanes) is 1. The summed E-state index contributed by atoms with van der Waals surface area (Å²) in [5, 5.41) is 5.93. The number of rotatable bonds is 6. The van der Waals surface area contributed by atoms with E-state index in [1.165, 1.54) is 10.8 Å². The van der Waals surface area contributed by atoms with Gasteiger partial charge in [-0.05, 0) is 51.6 Å². The number of hydrogen-bond acceptors (Lipinski definition) is 2. The molecule has 0 aliphatic carbocycles. The SMILES string of the molecule is CC(C)(C)NCCCCOc1cccc2ccccc12. The Balaban J connectivity index is 1.79. The zero-order valence-electron chi connectivity index (χ0n) is 12.8. The maximum atomic E-state index is 5.92. The molecule has 0 spiro atoms. The lowest BCUT2D eigenvalue weighted by Gasteiger charge is -2.20. The molecule has 2 heteroatoms. The maximum absolute atomic E-state index is 5.92. The van der Waals surface area contributed by atoms with Crippen molar-refractivity contribution >= 4 is 10.8 Å². The largest absolute Gasteiger partial charge is 0.493 e. The highest BCUT2D eigenvalue weighted by Crippen LogP contribution is 2.25. The first-order chi connectivity index (χ1) is 9.56. The maximum Gasteiger partial charge on any atom is 0.127 e. The lowest BCUT2D eigenvalue weighted by atomic mass is 10.1. The average molecular weight is 271 g/mol. The Kier molecular flexibility index (Phi) is 5.02. The van der Waals surface area contributed by atoms with Gasteiger partial charge in [0.2, 0.25) is 0 Å². The summed E-state index contributed by atoms with van der Waals surface area (Å²) >= 11 is 0. The highest BCUT2D eigenvalue weighted by atomic mass is 16.5. The van der Waals surface area contributed by atoms with E-state index in [0.29, 0.717) is 0 Å². The number of hydrogen-bond donors (Lipinski definition) is 1. The van der Waals surface area contributed by atoms with E-state index < -0.39 is 0 Å². The zero-order chi connectivity index (χ0) is 14.4. The summed E-state index contributed by atoms with van der Waals surface area (Å²) in [4.78, 5) is 0. The summed E-state index contributed by atoms with van der Waals surface area (Å²) in [6.07, 6.45) is 2.22. The molecule has 2 aromatic carbocycles. The van der Waals surface area contributed by atoms with Crippen molar-refractivity contribution in [2.24, 2.45) is 0 Å². The van der Waals surface area contributed by atoms with Gasteiger partial charge in [-0.15, -0.1) is 0 Å². The molecule has 0 atom stereocenters. The molecule has 2 aromatic rings. The normalized spacial score (nSPS) is 11.8. The summed E-state index contributed by atoms with van der Waals surface area (Å²) < 4.78 is 5.92. The average Bonchev–Trinajstić information content (AvgIpc) is 2.41. The molecule has 0 aliphatic rings. The minimum atomic E-state index is 0.205. The molecule has 0 bridgehead atoms. The van der Waals surface area contributed by atoms with Gasteiger partial charge >= 0.3 is 0 Å². The fraction of sp³-hybridized carbons (Fsp3) is 0.444. The van der Waals surface area contributed by atoms with Crippen molar-refractivity contribution in [2.75, 3.05) is 13.2 Å². The van der Waals surface area contributed by atoms with Crippen LogP contribution in [0.3, 0.4) is 0 Å². The fourth-order valence-electron chi connectivity index (χ4n) is 2.19. The molecular formula is C18H25NO. The summed E-state index contributed by atoms with van der Waals surface area (Å²) in [5.41, 5.74) is 0.205. The second-order valence-corrected chi connectivity index (χ2v) is 6.21. The predicted molar refractivity (Wildman–Crippen MR) is 86.4 cm³/mol. The van der Waals surface area contributed by atoms with Gasteiger partial charge in [0.1, 0.15) is 5.75 Å². The monoisotopic (exact) mass is 271 g/mol. The molecule has 108 valence electrons. The third-order valence-electron chi connectivity index (χ3n) is 3.23. The molecule has 1 N–H and O–H groups in total. The van der Waals surface area contributed by atoms with Crippen molar-refractivity contribution in [3.05, 3.63) is 42.5 Å². The van der Waals surface area contributed by atoms with Crippen LogP contribution in [0, 0.1) is 0 Å².